The number of hydrogen-bond acceptors (Lipinski definition) is 7. The van der Waals surface area contributed by atoms with Crippen molar-refractivity contribution < 1.29 is 24.3 Å². The van der Waals surface area contributed by atoms with Crippen LogP contribution in [0.4, 0.5) is 10.5 Å². The number of hydrogen-bond donors (Lipinski definition) is 2. The van der Waals surface area contributed by atoms with Crippen molar-refractivity contribution in [2.45, 2.75) is 6.42 Å². The van der Waals surface area contributed by atoms with Crippen LogP contribution in [0.2, 0.25) is 0 Å². The van der Waals surface area contributed by atoms with Gasteiger partial charge >= 0.3 is 12.1 Å². The molecule has 1 amide bonds. The van der Waals surface area contributed by atoms with Gasteiger partial charge in [0, 0.05) is 6.54 Å². The zero-order chi connectivity index (χ0) is 15.1. The highest BCUT2D eigenvalue weighted by Crippen LogP contribution is 2.24. The quantitative estimate of drug-likeness (QED) is 0.614. The molecule has 1 aromatic rings. The van der Waals surface area contributed by atoms with Gasteiger partial charge in [0.25, 0.3) is 0 Å². The number of anilines is 1. The summed E-state index contributed by atoms with van der Waals surface area (Å²) in [5, 5.41) is 22.1. The summed E-state index contributed by atoms with van der Waals surface area (Å²) in [6, 6.07) is 4.39. The maximum absolute atomic E-state index is 11.7. The van der Waals surface area contributed by atoms with E-state index in [1.54, 1.807) is 6.07 Å². The van der Waals surface area contributed by atoms with Gasteiger partial charge in [-0.1, -0.05) is 12.1 Å². The van der Waals surface area contributed by atoms with Gasteiger partial charge < -0.3 is 25.2 Å². The highest BCUT2D eigenvalue weighted by atomic mass is 16.8. The minimum atomic E-state index is -0.747. The van der Waals surface area contributed by atoms with Gasteiger partial charge in [-0.15, -0.1) is 0 Å². The van der Waals surface area contributed by atoms with Crippen LogP contribution in [0.25, 0.3) is 0 Å². The zero-order valence-corrected chi connectivity index (χ0v) is 11.1. The Morgan fingerprint density at radius 2 is 2.05 bits per heavy atom. The molecule has 20 heavy (non-hydrogen) atoms. The number of nitrogens with one attached hydrogen (secondary N) is 1. The molecule has 1 aromatic carbocycles. The van der Waals surface area contributed by atoms with E-state index in [0.29, 0.717) is 5.56 Å². The Balaban J connectivity index is 2.97. The minimum absolute atomic E-state index is 0.0424. The van der Waals surface area contributed by atoms with E-state index in [4.69, 9.17) is 5.21 Å². The number of nitrogens with zero attached hydrogens (tertiary/aromatic N) is 1. The molecule has 0 unspecified atom stereocenters. The molecule has 1 rings (SSSR count). The number of ether oxygens (including phenoxy) is 2. The molecule has 0 aliphatic rings. The molecule has 110 valence electrons. The molecule has 0 aliphatic heterocycles. The first kappa shape index (κ1) is 15.7. The molecule has 8 nitrogen and oxygen atoms in total. The van der Waals surface area contributed by atoms with Crippen molar-refractivity contribution in [3.8, 4) is 0 Å². The summed E-state index contributed by atoms with van der Waals surface area (Å²) in [7, 11) is 2.40. The van der Waals surface area contributed by atoms with E-state index in [2.05, 4.69) is 14.8 Å². The maximum atomic E-state index is 11.7. The average Bonchev–Trinajstić information content (AvgIpc) is 2.45. The van der Waals surface area contributed by atoms with Gasteiger partial charge in [-0.05, 0) is 18.1 Å². The summed E-state index contributed by atoms with van der Waals surface area (Å²) in [4.78, 5) is 22.6. The Labute approximate surface area is 115 Å². The lowest BCUT2D eigenvalue weighted by Crippen LogP contribution is -2.26. The van der Waals surface area contributed by atoms with E-state index in [1.807, 2.05) is 0 Å². The van der Waals surface area contributed by atoms with Gasteiger partial charge in [0.05, 0.1) is 25.5 Å². The van der Waals surface area contributed by atoms with Crippen molar-refractivity contribution in [1.29, 1.82) is 0 Å². The summed E-state index contributed by atoms with van der Waals surface area (Å²) < 4.78 is 9.00. The number of amides is 1. The Morgan fingerprint density at radius 3 is 2.60 bits per heavy atom. The molecule has 0 aliphatic carbocycles. The predicted molar refractivity (Wildman–Crippen MR) is 69.5 cm³/mol. The lowest BCUT2D eigenvalue weighted by molar-refractivity contribution is 0.0598. The van der Waals surface area contributed by atoms with E-state index < -0.39 is 17.3 Å². The highest BCUT2D eigenvalue weighted by Gasteiger charge is 2.17. The first-order valence-electron chi connectivity index (χ1n) is 5.69. The third-order valence-electron chi connectivity index (χ3n) is 2.57. The molecule has 0 radical (unpaired) electrons. The number of alkyl carbamates (subject to hydrolysis) is 1. The molecule has 0 heterocycles. The molecular formula is C12H15N2O6-. The fourth-order valence-electron chi connectivity index (χ4n) is 1.66. The topological polar surface area (TPSA) is 111 Å². The van der Waals surface area contributed by atoms with Crippen molar-refractivity contribution in [3.05, 3.63) is 34.5 Å². The number of rotatable bonds is 5. The maximum Gasteiger partial charge on any atom is 0.406 e. The molecule has 0 bridgehead atoms. The molecule has 2 N–H and O–H groups in total. The van der Waals surface area contributed by atoms with Crippen LogP contribution >= 0.6 is 0 Å². The second-order valence-electron chi connectivity index (χ2n) is 3.74. The smallest absolute Gasteiger partial charge is 0.406 e. The van der Waals surface area contributed by atoms with Crippen LogP contribution in [0, 0.1) is 5.21 Å². The SMILES string of the molecule is COC(=O)NCCc1cccc(N([O-])O)c1C(=O)OC. The van der Waals surface area contributed by atoms with E-state index in [0.717, 1.165) is 0 Å². The monoisotopic (exact) mass is 283 g/mol. The van der Waals surface area contributed by atoms with Crippen molar-refractivity contribution >= 4 is 17.7 Å². The first-order valence-corrected chi connectivity index (χ1v) is 5.69. The minimum Gasteiger partial charge on any atom is -0.733 e. The van der Waals surface area contributed by atoms with Gasteiger partial charge in [0.15, 0.2) is 0 Å². The van der Waals surface area contributed by atoms with Crippen molar-refractivity contribution in [2.75, 3.05) is 26.0 Å². The Hall–Kier alpha value is -2.32. The molecule has 0 saturated heterocycles. The van der Waals surface area contributed by atoms with Crippen LogP contribution in [0.15, 0.2) is 18.2 Å². The third-order valence-corrected chi connectivity index (χ3v) is 2.57. The number of methoxy groups -OCH3 is 2. The number of carbonyl (C=O) groups is 2. The Bertz CT molecular complexity index is 489. The van der Waals surface area contributed by atoms with Crippen LogP contribution in [-0.4, -0.2) is 38.0 Å². The molecule has 0 aromatic heterocycles. The molecule has 0 saturated carbocycles. The number of carbonyl (C=O) groups excluding carboxylic acids is 2. The number of esters is 1. The van der Waals surface area contributed by atoms with Crippen molar-refractivity contribution in [3.63, 3.8) is 0 Å². The van der Waals surface area contributed by atoms with Gasteiger partial charge in [0.2, 0.25) is 0 Å². The fraction of sp³-hybridized carbons (Fsp3) is 0.333. The zero-order valence-electron chi connectivity index (χ0n) is 11.1. The molecule has 0 spiro atoms. The Morgan fingerprint density at radius 1 is 1.35 bits per heavy atom. The normalized spacial score (nSPS) is 9.80. The van der Waals surface area contributed by atoms with E-state index >= 15 is 0 Å². The predicted octanol–water partition coefficient (Wildman–Crippen LogP) is 1.07. The summed E-state index contributed by atoms with van der Waals surface area (Å²) in [6.07, 6.45) is -0.338. The van der Waals surface area contributed by atoms with Crippen LogP contribution in [-0.2, 0) is 15.9 Å². The van der Waals surface area contributed by atoms with Crippen LogP contribution in [0.3, 0.4) is 0 Å². The van der Waals surface area contributed by atoms with Gasteiger partial charge in [-0.25, -0.2) is 9.59 Å². The molecular weight excluding hydrogens is 268 g/mol. The van der Waals surface area contributed by atoms with Gasteiger partial charge in [0.1, 0.15) is 0 Å². The second kappa shape index (κ2) is 7.31. The second-order valence-corrected chi connectivity index (χ2v) is 3.74. The lowest BCUT2D eigenvalue weighted by Gasteiger charge is -2.25. The van der Waals surface area contributed by atoms with E-state index in [1.165, 1.54) is 26.4 Å². The standard InChI is InChI=1S/C12H15N2O6/c1-19-11(15)10-8(6-7-13-12(16)20-2)4-3-5-9(10)14(17)18/h3-5,17H,6-7H2,1-2H3,(H,13,16)/q-1. The van der Waals surface area contributed by atoms with Crippen molar-refractivity contribution in [1.82, 2.24) is 5.32 Å². The van der Waals surface area contributed by atoms with Gasteiger partial charge in [-0.3, -0.25) is 5.21 Å². The summed E-state index contributed by atoms with van der Waals surface area (Å²) in [6.45, 7) is 0.199. The Kier molecular flexibility index (Phi) is 5.75. The third kappa shape index (κ3) is 3.84. The number of benzene rings is 1. The lowest BCUT2D eigenvalue weighted by atomic mass is 10.0. The summed E-state index contributed by atoms with van der Waals surface area (Å²) in [5.74, 6) is -0.747. The van der Waals surface area contributed by atoms with Gasteiger partial charge in [-0.2, -0.15) is 0 Å². The van der Waals surface area contributed by atoms with Crippen LogP contribution < -0.4 is 10.5 Å². The molecule has 8 heteroatoms. The average molecular weight is 283 g/mol. The molecule has 0 atom stereocenters. The largest absolute Gasteiger partial charge is 0.733 e. The fourth-order valence-corrected chi connectivity index (χ4v) is 1.66. The first-order chi connectivity index (χ1) is 9.51. The summed E-state index contributed by atoms with van der Waals surface area (Å²) in [5.41, 5.74) is 0.201. The van der Waals surface area contributed by atoms with Crippen LogP contribution in [0.5, 0.6) is 0 Å². The molecule has 0 fully saturated rings. The summed E-state index contributed by atoms with van der Waals surface area (Å²) >= 11 is 0. The van der Waals surface area contributed by atoms with Crippen LogP contribution in [0.1, 0.15) is 15.9 Å². The van der Waals surface area contributed by atoms with Crippen molar-refractivity contribution in [2.24, 2.45) is 0 Å². The van der Waals surface area contributed by atoms with E-state index in [9.17, 15) is 14.8 Å². The highest BCUT2D eigenvalue weighted by molar-refractivity contribution is 5.97. The van der Waals surface area contributed by atoms with E-state index in [-0.39, 0.29) is 24.2 Å².